The van der Waals surface area contributed by atoms with Gasteiger partial charge in [0, 0.05) is 75.7 Å². The minimum atomic E-state index is -2.23. The van der Waals surface area contributed by atoms with Crippen molar-refractivity contribution < 1.29 is 85.7 Å². The van der Waals surface area contributed by atoms with Crippen LogP contribution >= 0.6 is 6.89 Å². The van der Waals surface area contributed by atoms with Gasteiger partial charge in [0.15, 0.2) is 0 Å². The van der Waals surface area contributed by atoms with Crippen molar-refractivity contribution >= 4 is 77.5 Å². The summed E-state index contributed by atoms with van der Waals surface area (Å²) in [7, 11) is 2.76. The summed E-state index contributed by atoms with van der Waals surface area (Å²) in [4.78, 5) is 116. The molecule has 4 aromatic heterocycles. The lowest BCUT2D eigenvalue weighted by Crippen LogP contribution is -2.55. The van der Waals surface area contributed by atoms with Crippen molar-refractivity contribution in [3.05, 3.63) is 212 Å². The summed E-state index contributed by atoms with van der Waals surface area (Å²) in [6.07, 6.45) is 24.2. The van der Waals surface area contributed by atoms with Gasteiger partial charge in [-0.1, -0.05) is 111 Å². The highest BCUT2D eigenvalue weighted by molar-refractivity contribution is 7.95. The Labute approximate surface area is 689 Å². The molecule has 4 aliphatic rings. The SMILES string of the molecule is C.C=CCc1cncc(OC[C@@H]2CCN2C(=O)OC(C)(C)C)c1.CC(C)(C)OC(=O)N1CC[C@H]1COc1cncc(CC=O)c1.CC(C)(C)OC(=O)N1CC[C@H]1COc1cncc(CC=O)c1.COC(=O)/C=C/Cc1cncc(OC[C@@H]2CCN2C(=O)OC(C)(C)C)c1.COC(=O)C=P(c1ccccc1)(c1ccccc1)c1ccccc1. The molecule has 4 atom stereocenters. The third-order valence-electron chi connectivity index (χ3n) is 17.8. The number of aromatic nitrogens is 4. The maximum Gasteiger partial charge on any atom is 0.410 e. The quantitative estimate of drug-likeness (QED) is 0.0128. The van der Waals surface area contributed by atoms with Gasteiger partial charge in [0.25, 0.3) is 0 Å². The van der Waals surface area contributed by atoms with Gasteiger partial charge in [-0.05, 0) is 191 Å². The van der Waals surface area contributed by atoms with Gasteiger partial charge < -0.3 is 76.6 Å². The largest absolute Gasteiger partial charge is 0.490 e. The first-order chi connectivity index (χ1) is 55.2. The lowest BCUT2D eigenvalue weighted by molar-refractivity contribution is -0.135. The Kier molecular flexibility index (Phi) is 37.0. The standard InChI is InChI=1S/C21H19O2P.C19H26N2O5.C17H24N2O3.2C16H22N2O4.CH4/c1-23-21(22)17-24(18-11-5-2-6-12-18,19-13-7-3-8-14-19)20-15-9-4-10-16-20;1-19(2,3)26-18(23)21-9-8-15(21)13-25-16-10-14(11-20-12-16)6-5-7-17(22)24-4;1-5-6-13-9-15(11-18-10-13)21-12-14-7-8-19(14)16(20)22-17(2,3)4;2*1-16(2,3)22-15(20)18-6-4-13(18)11-21-14-8-12(5-7-19)9-17-10-14;/h2-17H,1H3;5,7,10-12,15H,6,8-9,13H2,1-4H3;5,9-11,14H,1,6-8,12H2,2-4H3;2*7-10,13H,4-6,11H2,1-3H3;1H4/b;7-5+;;;;/t;15-;14-;2*13-;/m.0000./s1. The van der Waals surface area contributed by atoms with E-state index in [1.165, 1.54) is 20.3 Å². The maximum absolute atomic E-state index is 12.3. The number of hydrogen-bond acceptors (Lipinski definition) is 22. The van der Waals surface area contributed by atoms with Crippen molar-refractivity contribution in [3.63, 3.8) is 0 Å². The van der Waals surface area contributed by atoms with E-state index in [0.717, 1.165) is 95.1 Å². The van der Waals surface area contributed by atoms with Crippen LogP contribution in [0.25, 0.3) is 0 Å². The van der Waals surface area contributed by atoms with E-state index in [4.69, 9.17) is 42.6 Å². The molecule has 11 rings (SSSR count). The van der Waals surface area contributed by atoms with E-state index in [0.29, 0.717) is 82.6 Å². The van der Waals surface area contributed by atoms with E-state index in [-0.39, 0.29) is 61.9 Å². The van der Waals surface area contributed by atoms with Crippen molar-refractivity contribution in [2.45, 2.75) is 188 Å². The average molecular weight is 1630 g/mol. The first-order valence-corrected chi connectivity index (χ1v) is 40.6. The molecule has 0 radical (unpaired) electrons. The molecule has 0 saturated carbocycles. The lowest BCUT2D eigenvalue weighted by Gasteiger charge is -2.41. The van der Waals surface area contributed by atoms with E-state index in [1.54, 1.807) is 93.2 Å². The van der Waals surface area contributed by atoms with Crippen molar-refractivity contribution in [3.8, 4) is 23.0 Å². The number of likely N-dealkylation sites (tertiary alicyclic amines) is 4. The zero-order chi connectivity index (χ0) is 84.5. The van der Waals surface area contributed by atoms with Crippen LogP contribution in [0, 0.1) is 0 Å². The van der Waals surface area contributed by atoms with Crippen LogP contribution < -0.4 is 34.9 Å². The highest BCUT2D eigenvalue weighted by Crippen LogP contribution is 2.44. The molecule has 0 unspecified atom stereocenters. The van der Waals surface area contributed by atoms with Gasteiger partial charge in [-0.25, -0.2) is 28.8 Å². The fourth-order valence-electron chi connectivity index (χ4n) is 11.7. The van der Waals surface area contributed by atoms with E-state index >= 15 is 0 Å². The first kappa shape index (κ1) is 94.5. The average Bonchev–Trinajstić information content (AvgIpc) is 0.753. The van der Waals surface area contributed by atoms with Gasteiger partial charge >= 0.3 is 36.3 Å². The summed E-state index contributed by atoms with van der Waals surface area (Å²) in [6.45, 7) is 28.1. The Morgan fingerprint density at radius 3 is 0.897 bits per heavy atom. The Morgan fingerprint density at radius 2 is 0.667 bits per heavy atom. The van der Waals surface area contributed by atoms with Crippen molar-refractivity contribution in [2.24, 2.45) is 0 Å². The molecule has 7 aromatic rings. The molecule has 630 valence electrons. The fraction of sp³-hybridized carbons (Fsp3) is 0.433. The number of methoxy groups -OCH3 is 2. The number of ether oxygens (including phenoxy) is 10. The topological polar surface area (TPSA) is 293 Å². The van der Waals surface area contributed by atoms with Crippen molar-refractivity contribution in [2.75, 3.05) is 66.8 Å². The minimum Gasteiger partial charge on any atom is -0.490 e. The van der Waals surface area contributed by atoms with E-state index < -0.39 is 35.3 Å². The Bertz CT molecular complexity index is 4090. The zero-order valence-electron chi connectivity index (χ0n) is 69.3. The molecule has 0 aliphatic carbocycles. The number of pyridine rings is 4. The van der Waals surface area contributed by atoms with Crippen molar-refractivity contribution in [1.29, 1.82) is 0 Å². The number of esters is 2. The number of nitrogens with zero attached hydrogens (tertiary/aromatic N) is 8. The van der Waals surface area contributed by atoms with Gasteiger partial charge in [-0.3, -0.25) is 19.9 Å². The van der Waals surface area contributed by atoms with Gasteiger partial charge in [-0.15, -0.1) is 6.58 Å². The second-order valence-corrected chi connectivity index (χ2v) is 34.8. The second-order valence-electron chi connectivity index (χ2n) is 31.6. The summed E-state index contributed by atoms with van der Waals surface area (Å²) in [6, 6.07) is 38.1. The van der Waals surface area contributed by atoms with Crippen LogP contribution in [0.4, 0.5) is 19.2 Å². The summed E-state index contributed by atoms with van der Waals surface area (Å²) in [5.74, 6) is 3.64. The van der Waals surface area contributed by atoms with Crippen LogP contribution in [-0.4, -0.2) is 208 Å². The summed E-state index contributed by atoms with van der Waals surface area (Å²) in [5.41, 5.74) is 1.63. The summed E-state index contributed by atoms with van der Waals surface area (Å²) >= 11 is 0. The number of benzene rings is 3. The lowest BCUT2D eigenvalue weighted by atomic mass is 10.1. The predicted octanol–water partition coefficient (Wildman–Crippen LogP) is 14.0. The van der Waals surface area contributed by atoms with Crippen molar-refractivity contribution in [1.82, 2.24) is 39.5 Å². The van der Waals surface area contributed by atoms with Gasteiger partial charge in [0.1, 0.15) is 84.4 Å². The molecular weight excluding hydrogens is 1510 g/mol. The van der Waals surface area contributed by atoms with Crippen LogP contribution in [0.15, 0.2) is 190 Å². The number of hydrogen-bond donors (Lipinski definition) is 0. The molecule has 26 nitrogen and oxygen atoms in total. The molecule has 3 aromatic carbocycles. The zero-order valence-corrected chi connectivity index (χ0v) is 70.2. The van der Waals surface area contributed by atoms with E-state index in [2.05, 4.69) is 67.6 Å². The van der Waals surface area contributed by atoms with Crippen LogP contribution in [0.2, 0.25) is 0 Å². The molecule has 0 bridgehead atoms. The third-order valence-corrected chi connectivity index (χ3v) is 21.7. The van der Waals surface area contributed by atoms with Crippen LogP contribution in [-0.2, 0) is 73.3 Å². The Hall–Kier alpha value is -11.4. The molecule has 27 heteroatoms. The summed E-state index contributed by atoms with van der Waals surface area (Å²) in [5, 5.41) is 3.40. The molecule has 4 amide bonds. The van der Waals surface area contributed by atoms with Crippen LogP contribution in [0.5, 0.6) is 23.0 Å². The molecule has 8 heterocycles. The summed E-state index contributed by atoms with van der Waals surface area (Å²) < 4.78 is 53.9. The van der Waals surface area contributed by atoms with Gasteiger partial charge in [-0.2, -0.15) is 0 Å². The molecular formula is C90H117N8O18P. The molecule has 117 heavy (non-hydrogen) atoms. The highest BCUT2D eigenvalue weighted by atomic mass is 31.2. The predicted molar refractivity (Wildman–Crippen MR) is 453 cm³/mol. The molecule has 4 saturated heterocycles. The Balaban J connectivity index is 0.000000227. The van der Waals surface area contributed by atoms with Crippen LogP contribution in [0.1, 0.15) is 138 Å². The van der Waals surface area contributed by atoms with Gasteiger partial charge in [0.05, 0.1) is 63.2 Å². The monoisotopic (exact) mass is 1630 g/mol. The normalized spacial score (nSPS) is 15.9. The number of carbonyl (C=O) groups excluding carboxylic acids is 8. The molecule has 4 fully saturated rings. The smallest absolute Gasteiger partial charge is 0.410 e. The number of aldehydes is 2. The number of allylic oxidation sites excluding steroid dienone is 2. The molecule has 0 spiro atoms. The van der Waals surface area contributed by atoms with Gasteiger partial charge in [0.2, 0.25) is 0 Å². The molecule has 4 aliphatic heterocycles. The number of rotatable bonds is 25. The second kappa shape index (κ2) is 45.8. The minimum absolute atomic E-state index is 0. The molecule has 0 N–H and O–H groups in total. The van der Waals surface area contributed by atoms with Crippen LogP contribution in [0.3, 0.4) is 0 Å². The van der Waals surface area contributed by atoms with E-state index in [1.807, 2.05) is 156 Å². The number of amides is 4. The third kappa shape index (κ3) is 31.6. The van der Waals surface area contributed by atoms with E-state index in [9.17, 15) is 38.4 Å². The first-order valence-electron chi connectivity index (χ1n) is 38.7. The Morgan fingerprint density at radius 1 is 0.402 bits per heavy atom. The highest BCUT2D eigenvalue weighted by Gasteiger charge is 2.40. The number of carbonyl (C=O) groups is 8. The maximum atomic E-state index is 12.3. The fourth-order valence-corrected chi connectivity index (χ4v) is 15.4.